The van der Waals surface area contributed by atoms with Crippen molar-refractivity contribution in [2.45, 2.75) is 38.9 Å². The maximum Gasteiger partial charge on any atom is 0.492 e. The molecule has 23 heavy (non-hydrogen) atoms. The zero-order valence-electron chi connectivity index (χ0n) is 13.5. The number of carbonyl (C=O) groups excluding carboxylic acids is 1. The first kappa shape index (κ1) is 17.8. The highest BCUT2D eigenvalue weighted by Crippen LogP contribution is 2.38. The number of rotatable bonds is 4. The summed E-state index contributed by atoms with van der Waals surface area (Å²) in [7, 11) is -0.818. The molecular weight excluding hydrogens is 305 g/mol. The van der Waals surface area contributed by atoms with E-state index >= 15 is 0 Å². The smallest absolute Gasteiger partial charge is 0.400 e. The van der Waals surface area contributed by atoms with E-state index in [2.05, 4.69) is 0 Å². The summed E-state index contributed by atoms with van der Waals surface area (Å²) in [5, 5.41) is 9.56. The van der Waals surface area contributed by atoms with Crippen molar-refractivity contribution >= 4 is 19.5 Å². The van der Waals surface area contributed by atoms with Crippen molar-refractivity contribution in [2.24, 2.45) is 0 Å². The second-order valence-corrected chi connectivity index (χ2v) is 6.48. The van der Waals surface area contributed by atoms with Crippen molar-refractivity contribution in [1.29, 1.82) is 0 Å². The summed E-state index contributed by atoms with van der Waals surface area (Å²) in [6.45, 7) is 7.05. The molecule has 1 N–H and O–H groups in total. The molecule has 0 bridgehead atoms. The molecule has 0 spiro atoms. The Balaban J connectivity index is 2.36. The highest BCUT2D eigenvalue weighted by Gasteiger charge is 2.52. The SMILES string of the molecule is CC1(C)OB(C(=Cc2cc(F)c(C=O)c(F)c2)CO)OC1(C)C. The standard InChI is InChI=1S/C16H19BF2O4/c1-15(2)16(3,4)23-17(22-15)11(8-20)5-10-6-13(18)12(9-21)14(19)7-10/h5-7,9,20H,8H2,1-4H3. The Labute approximate surface area is 134 Å². The number of aliphatic hydroxyl groups is 1. The molecule has 0 atom stereocenters. The van der Waals surface area contributed by atoms with E-state index in [1.54, 1.807) is 0 Å². The van der Waals surface area contributed by atoms with Crippen LogP contribution in [-0.2, 0) is 9.31 Å². The van der Waals surface area contributed by atoms with Gasteiger partial charge < -0.3 is 14.4 Å². The lowest BCUT2D eigenvalue weighted by molar-refractivity contribution is 0.00578. The zero-order chi connectivity index (χ0) is 17.4. The van der Waals surface area contributed by atoms with Crippen LogP contribution in [0.5, 0.6) is 0 Å². The molecular formula is C16H19BF2O4. The van der Waals surface area contributed by atoms with E-state index in [0.717, 1.165) is 12.1 Å². The Morgan fingerprint density at radius 1 is 1.17 bits per heavy atom. The van der Waals surface area contributed by atoms with E-state index in [1.807, 2.05) is 27.7 Å². The molecule has 4 nitrogen and oxygen atoms in total. The van der Waals surface area contributed by atoms with Gasteiger partial charge in [-0.2, -0.15) is 0 Å². The van der Waals surface area contributed by atoms with E-state index in [4.69, 9.17) is 9.31 Å². The van der Waals surface area contributed by atoms with Crippen LogP contribution in [0.3, 0.4) is 0 Å². The van der Waals surface area contributed by atoms with Crippen LogP contribution in [0.1, 0.15) is 43.6 Å². The topological polar surface area (TPSA) is 55.8 Å². The number of aliphatic hydroxyl groups excluding tert-OH is 1. The van der Waals surface area contributed by atoms with Gasteiger partial charge in [0, 0.05) is 0 Å². The van der Waals surface area contributed by atoms with Crippen molar-refractivity contribution in [2.75, 3.05) is 6.61 Å². The van der Waals surface area contributed by atoms with Crippen molar-refractivity contribution in [3.63, 3.8) is 0 Å². The Morgan fingerprint density at radius 2 is 1.65 bits per heavy atom. The fourth-order valence-corrected chi connectivity index (χ4v) is 2.20. The summed E-state index contributed by atoms with van der Waals surface area (Å²) >= 11 is 0. The van der Waals surface area contributed by atoms with Crippen LogP contribution in [0.25, 0.3) is 6.08 Å². The van der Waals surface area contributed by atoms with E-state index in [0.29, 0.717) is 5.47 Å². The molecule has 1 fully saturated rings. The Bertz CT molecular complexity index is 616. The first-order valence-corrected chi connectivity index (χ1v) is 7.22. The minimum Gasteiger partial charge on any atom is -0.400 e. The monoisotopic (exact) mass is 324 g/mol. The van der Waals surface area contributed by atoms with Crippen molar-refractivity contribution in [1.82, 2.24) is 0 Å². The third-order valence-corrected chi connectivity index (χ3v) is 4.31. The lowest BCUT2D eigenvalue weighted by atomic mass is 9.77. The third kappa shape index (κ3) is 3.36. The number of aldehydes is 1. The normalized spacial score (nSPS) is 20.0. The third-order valence-electron chi connectivity index (χ3n) is 4.31. The minimum absolute atomic E-state index is 0.124. The van der Waals surface area contributed by atoms with Crippen LogP contribution in [0.2, 0.25) is 0 Å². The van der Waals surface area contributed by atoms with E-state index < -0.39 is 42.1 Å². The average molecular weight is 324 g/mol. The fraction of sp³-hybridized carbons (Fsp3) is 0.438. The summed E-state index contributed by atoms with van der Waals surface area (Å²) in [6.07, 6.45) is 1.52. The Hall–Kier alpha value is -1.57. The summed E-state index contributed by atoms with van der Waals surface area (Å²) in [4.78, 5) is 10.6. The first-order valence-electron chi connectivity index (χ1n) is 7.22. The molecule has 1 saturated heterocycles. The predicted octanol–water partition coefficient (Wildman–Crippen LogP) is 2.78. The largest absolute Gasteiger partial charge is 0.492 e. The van der Waals surface area contributed by atoms with Crippen molar-refractivity contribution < 1.29 is 28.0 Å². The molecule has 1 heterocycles. The van der Waals surface area contributed by atoms with E-state index in [-0.39, 0.29) is 11.8 Å². The molecule has 124 valence electrons. The zero-order valence-corrected chi connectivity index (χ0v) is 13.5. The number of benzene rings is 1. The van der Waals surface area contributed by atoms with Gasteiger partial charge in [-0.1, -0.05) is 6.08 Å². The van der Waals surface area contributed by atoms with Crippen LogP contribution in [0.15, 0.2) is 17.6 Å². The van der Waals surface area contributed by atoms with Gasteiger partial charge in [0.25, 0.3) is 0 Å². The summed E-state index contributed by atoms with van der Waals surface area (Å²) < 4.78 is 38.9. The van der Waals surface area contributed by atoms with Crippen LogP contribution in [-0.4, -0.2) is 36.3 Å². The minimum atomic E-state index is -0.961. The second kappa shape index (κ2) is 6.15. The Kier molecular flexibility index (Phi) is 4.75. The molecule has 1 aromatic rings. The lowest BCUT2D eigenvalue weighted by Gasteiger charge is -2.32. The molecule has 1 aromatic carbocycles. The highest BCUT2D eigenvalue weighted by molar-refractivity contribution is 6.55. The van der Waals surface area contributed by atoms with Gasteiger partial charge in [-0.3, -0.25) is 4.79 Å². The lowest BCUT2D eigenvalue weighted by Crippen LogP contribution is -2.41. The van der Waals surface area contributed by atoms with Gasteiger partial charge in [0.1, 0.15) is 11.6 Å². The molecule has 1 aliphatic rings. The van der Waals surface area contributed by atoms with Crippen LogP contribution < -0.4 is 0 Å². The number of hydrogen-bond donors (Lipinski definition) is 1. The van der Waals surface area contributed by atoms with E-state index in [9.17, 15) is 18.7 Å². The van der Waals surface area contributed by atoms with Crippen molar-refractivity contribution in [3.8, 4) is 0 Å². The van der Waals surface area contributed by atoms with Crippen molar-refractivity contribution in [3.05, 3.63) is 40.4 Å². The van der Waals surface area contributed by atoms with Crippen LogP contribution in [0.4, 0.5) is 8.78 Å². The van der Waals surface area contributed by atoms with Gasteiger partial charge in [0.05, 0.1) is 23.4 Å². The molecule has 0 aliphatic carbocycles. The van der Waals surface area contributed by atoms with Gasteiger partial charge in [0.2, 0.25) is 0 Å². The highest BCUT2D eigenvalue weighted by atomic mass is 19.1. The quantitative estimate of drug-likeness (QED) is 0.683. The van der Waals surface area contributed by atoms with E-state index in [1.165, 1.54) is 6.08 Å². The summed E-state index contributed by atoms with van der Waals surface area (Å²) in [5.41, 5.74) is -1.30. The molecule has 7 heteroatoms. The predicted molar refractivity (Wildman–Crippen MR) is 82.9 cm³/mol. The molecule has 0 saturated carbocycles. The van der Waals surface area contributed by atoms with Gasteiger partial charge in [-0.05, 0) is 50.9 Å². The average Bonchev–Trinajstić information content (AvgIpc) is 2.64. The summed E-state index contributed by atoms with van der Waals surface area (Å²) in [6, 6.07) is 2.04. The van der Waals surface area contributed by atoms with Gasteiger partial charge in [-0.25, -0.2) is 8.78 Å². The molecule has 2 rings (SSSR count). The first-order chi connectivity index (χ1) is 10.6. The fourth-order valence-electron chi connectivity index (χ4n) is 2.20. The number of carbonyl (C=O) groups is 1. The molecule has 1 aliphatic heterocycles. The van der Waals surface area contributed by atoms with Gasteiger partial charge in [0.15, 0.2) is 6.29 Å². The maximum absolute atomic E-state index is 13.7. The second-order valence-electron chi connectivity index (χ2n) is 6.48. The number of halogens is 2. The Morgan fingerprint density at radius 3 is 2.04 bits per heavy atom. The summed E-state index contributed by atoms with van der Waals surface area (Å²) in [5.74, 6) is -1.92. The number of hydrogen-bond acceptors (Lipinski definition) is 4. The molecule has 0 unspecified atom stereocenters. The molecule has 0 radical (unpaired) electrons. The molecule has 0 amide bonds. The van der Waals surface area contributed by atoms with Gasteiger partial charge in [-0.15, -0.1) is 0 Å². The van der Waals surface area contributed by atoms with Crippen LogP contribution >= 0.6 is 0 Å². The van der Waals surface area contributed by atoms with Crippen LogP contribution in [0, 0.1) is 11.6 Å². The van der Waals surface area contributed by atoms with Gasteiger partial charge >= 0.3 is 7.12 Å². The molecule has 0 aromatic heterocycles. The maximum atomic E-state index is 13.7.